The number of morpholine rings is 1. The van der Waals surface area contributed by atoms with Crippen molar-refractivity contribution >= 4 is 23.0 Å². The molecule has 184 valence electrons. The van der Waals surface area contributed by atoms with Gasteiger partial charge in [0.05, 0.1) is 0 Å². The van der Waals surface area contributed by atoms with E-state index >= 15 is 0 Å². The van der Waals surface area contributed by atoms with E-state index in [0.29, 0.717) is 6.42 Å². The van der Waals surface area contributed by atoms with Crippen LogP contribution < -0.4 is 0 Å². The number of cyclic esters (lactones) is 1. The predicted octanol–water partition coefficient (Wildman–Crippen LogP) is 6.36. The van der Waals surface area contributed by atoms with Gasteiger partial charge in [-0.3, -0.25) is 4.90 Å². The molecule has 0 radical (unpaired) electrons. The van der Waals surface area contributed by atoms with Crippen LogP contribution in [-0.4, -0.2) is 33.6 Å². The molecule has 1 N–H and O–H groups in total. The SMILES string of the molecule is CC(C)(C)OC(=O)N1[C@H](Cc2c[nH]c3ccccc23)C(=O)O[C@@H](c2ccccc2)[C@H]1c1ccccc1. The molecule has 0 saturated carbocycles. The molecule has 0 aliphatic carbocycles. The number of esters is 1. The van der Waals surface area contributed by atoms with Gasteiger partial charge in [-0.2, -0.15) is 0 Å². The van der Waals surface area contributed by atoms with E-state index in [4.69, 9.17) is 9.47 Å². The Kier molecular flexibility index (Phi) is 6.27. The molecule has 36 heavy (non-hydrogen) atoms. The fourth-order valence-corrected chi connectivity index (χ4v) is 4.85. The van der Waals surface area contributed by atoms with Crippen molar-refractivity contribution in [3.63, 3.8) is 0 Å². The molecule has 6 nitrogen and oxygen atoms in total. The molecule has 0 spiro atoms. The Hall–Kier alpha value is -4.06. The van der Waals surface area contributed by atoms with E-state index in [2.05, 4.69) is 4.98 Å². The molecule has 1 fully saturated rings. The number of carbonyl (C=O) groups is 2. The standard InChI is InChI=1S/C30H30N2O4/c1-30(2,3)36-29(34)32-25(18-22-19-31-24-17-11-10-16-23(22)24)28(33)35-27(21-14-8-5-9-15-21)26(32)20-12-6-4-7-13-20/h4-17,19,25-27,31H,18H2,1-3H3/t25-,26-,27+/m1/s1. The van der Waals surface area contributed by atoms with Gasteiger partial charge in [0.25, 0.3) is 0 Å². The fraction of sp³-hybridized carbons (Fsp3) is 0.267. The van der Waals surface area contributed by atoms with Gasteiger partial charge in [-0.1, -0.05) is 78.9 Å². The van der Waals surface area contributed by atoms with Crippen LogP contribution in [0.25, 0.3) is 10.9 Å². The van der Waals surface area contributed by atoms with E-state index in [1.54, 1.807) is 4.90 Å². The molecular formula is C30H30N2O4. The lowest BCUT2D eigenvalue weighted by atomic mass is 9.90. The summed E-state index contributed by atoms with van der Waals surface area (Å²) < 4.78 is 12.0. The highest BCUT2D eigenvalue weighted by Gasteiger charge is 2.49. The van der Waals surface area contributed by atoms with Crippen molar-refractivity contribution in [3.05, 3.63) is 108 Å². The first kappa shape index (κ1) is 23.7. The first-order chi connectivity index (χ1) is 17.3. The molecule has 3 aromatic carbocycles. The summed E-state index contributed by atoms with van der Waals surface area (Å²) in [4.78, 5) is 32.3. The zero-order chi connectivity index (χ0) is 25.3. The van der Waals surface area contributed by atoms with Crippen LogP contribution in [0.2, 0.25) is 0 Å². The lowest BCUT2D eigenvalue weighted by molar-refractivity contribution is -0.174. The zero-order valence-electron chi connectivity index (χ0n) is 20.7. The van der Waals surface area contributed by atoms with Crippen LogP contribution in [0.15, 0.2) is 91.1 Å². The van der Waals surface area contributed by atoms with E-state index in [-0.39, 0.29) is 0 Å². The number of hydrogen-bond donors (Lipinski definition) is 1. The highest BCUT2D eigenvalue weighted by molar-refractivity contribution is 5.87. The first-order valence-electron chi connectivity index (χ1n) is 12.2. The number of nitrogens with one attached hydrogen (secondary N) is 1. The van der Waals surface area contributed by atoms with Crippen LogP contribution in [0.5, 0.6) is 0 Å². The third-order valence-corrected chi connectivity index (χ3v) is 6.40. The van der Waals surface area contributed by atoms with Crippen LogP contribution in [0.4, 0.5) is 4.79 Å². The second kappa shape index (κ2) is 9.53. The molecule has 0 bridgehead atoms. The minimum absolute atomic E-state index is 0.299. The number of hydrogen-bond acceptors (Lipinski definition) is 4. The number of ether oxygens (including phenoxy) is 2. The fourth-order valence-electron chi connectivity index (χ4n) is 4.85. The third kappa shape index (κ3) is 4.71. The first-order valence-corrected chi connectivity index (χ1v) is 12.2. The van der Waals surface area contributed by atoms with Gasteiger partial charge in [0, 0.05) is 23.5 Å². The largest absolute Gasteiger partial charge is 0.453 e. The molecule has 1 aromatic heterocycles. The molecule has 1 aliphatic heterocycles. The normalized spacial score (nSPS) is 20.2. The lowest BCUT2D eigenvalue weighted by Crippen LogP contribution is -2.56. The number of fused-ring (bicyclic) bond motifs is 1. The van der Waals surface area contributed by atoms with Crippen molar-refractivity contribution in [3.8, 4) is 0 Å². The van der Waals surface area contributed by atoms with Crippen molar-refractivity contribution in [2.24, 2.45) is 0 Å². The second-order valence-electron chi connectivity index (χ2n) is 10.1. The maximum Gasteiger partial charge on any atom is 0.411 e. The number of nitrogens with zero attached hydrogens (tertiary/aromatic N) is 1. The van der Waals surface area contributed by atoms with Gasteiger partial charge in [0.15, 0.2) is 6.10 Å². The number of carbonyl (C=O) groups excluding carboxylic acids is 2. The Balaban J connectivity index is 1.63. The van der Waals surface area contributed by atoms with E-state index in [1.165, 1.54) is 0 Å². The van der Waals surface area contributed by atoms with Crippen molar-refractivity contribution < 1.29 is 19.1 Å². The van der Waals surface area contributed by atoms with E-state index in [9.17, 15) is 9.59 Å². The summed E-state index contributed by atoms with van der Waals surface area (Å²) in [6.45, 7) is 5.48. The zero-order valence-corrected chi connectivity index (χ0v) is 20.7. The van der Waals surface area contributed by atoms with Crippen LogP contribution in [0.1, 0.15) is 49.6 Å². The van der Waals surface area contributed by atoms with Crippen LogP contribution in [0, 0.1) is 0 Å². The van der Waals surface area contributed by atoms with E-state index in [1.807, 2.05) is 112 Å². The molecule has 1 amide bonds. The molecule has 3 atom stereocenters. The van der Waals surface area contributed by atoms with Crippen molar-refractivity contribution in [2.45, 2.75) is 51.0 Å². The molecule has 5 rings (SSSR count). The van der Waals surface area contributed by atoms with Crippen molar-refractivity contribution in [1.82, 2.24) is 9.88 Å². The summed E-state index contributed by atoms with van der Waals surface area (Å²) in [7, 11) is 0. The van der Waals surface area contributed by atoms with Gasteiger partial charge in [0.1, 0.15) is 17.7 Å². The summed E-state index contributed by atoms with van der Waals surface area (Å²) in [6, 6.07) is 25.8. The van der Waals surface area contributed by atoms with Crippen molar-refractivity contribution in [1.29, 1.82) is 0 Å². The summed E-state index contributed by atoms with van der Waals surface area (Å²) in [5.74, 6) is -0.452. The summed E-state index contributed by atoms with van der Waals surface area (Å²) in [5.41, 5.74) is 2.87. The quantitative estimate of drug-likeness (QED) is 0.344. The molecule has 2 heterocycles. The van der Waals surface area contributed by atoms with Crippen LogP contribution in [0.3, 0.4) is 0 Å². The third-order valence-electron chi connectivity index (χ3n) is 6.40. The average Bonchev–Trinajstić information content (AvgIpc) is 3.27. The molecular weight excluding hydrogens is 452 g/mol. The highest BCUT2D eigenvalue weighted by Crippen LogP contribution is 2.43. The van der Waals surface area contributed by atoms with Crippen LogP contribution >= 0.6 is 0 Å². The highest BCUT2D eigenvalue weighted by atomic mass is 16.6. The minimum Gasteiger partial charge on any atom is -0.453 e. The summed E-state index contributed by atoms with van der Waals surface area (Å²) in [6.07, 6.45) is 0.977. The molecule has 4 aromatic rings. The summed E-state index contributed by atoms with van der Waals surface area (Å²) in [5, 5.41) is 1.01. The lowest BCUT2D eigenvalue weighted by Gasteiger charge is -2.45. The monoisotopic (exact) mass is 482 g/mol. The Morgan fingerprint density at radius 1 is 0.917 bits per heavy atom. The van der Waals surface area contributed by atoms with Gasteiger partial charge < -0.3 is 14.5 Å². The van der Waals surface area contributed by atoms with E-state index in [0.717, 1.165) is 27.6 Å². The maximum atomic E-state index is 13.8. The Bertz CT molecular complexity index is 1360. The number of H-pyrrole nitrogens is 1. The van der Waals surface area contributed by atoms with Gasteiger partial charge in [0.2, 0.25) is 0 Å². The Morgan fingerprint density at radius 3 is 2.19 bits per heavy atom. The maximum absolute atomic E-state index is 13.8. The van der Waals surface area contributed by atoms with Gasteiger partial charge in [-0.15, -0.1) is 0 Å². The van der Waals surface area contributed by atoms with Crippen molar-refractivity contribution in [2.75, 3.05) is 0 Å². The summed E-state index contributed by atoms with van der Waals surface area (Å²) >= 11 is 0. The molecule has 1 aliphatic rings. The van der Waals surface area contributed by atoms with Gasteiger partial charge >= 0.3 is 12.1 Å². The average molecular weight is 483 g/mol. The topological polar surface area (TPSA) is 71.6 Å². The van der Waals surface area contributed by atoms with Crippen LogP contribution in [-0.2, 0) is 20.7 Å². The smallest absolute Gasteiger partial charge is 0.411 e. The van der Waals surface area contributed by atoms with Gasteiger partial charge in [-0.05, 0) is 43.5 Å². The number of amides is 1. The van der Waals surface area contributed by atoms with E-state index < -0.39 is 35.9 Å². The van der Waals surface area contributed by atoms with Gasteiger partial charge in [-0.25, -0.2) is 9.59 Å². The number of aromatic nitrogens is 1. The minimum atomic E-state index is -0.857. The number of benzene rings is 3. The Labute approximate surface area is 210 Å². The number of aromatic amines is 1. The molecule has 6 heteroatoms. The second-order valence-corrected chi connectivity index (χ2v) is 10.1. The predicted molar refractivity (Wildman–Crippen MR) is 138 cm³/mol. The number of rotatable bonds is 4. The molecule has 0 unspecified atom stereocenters. The molecule has 1 saturated heterocycles. The number of para-hydroxylation sites is 1. The Morgan fingerprint density at radius 2 is 1.53 bits per heavy atom.